The zero-order valence-electron chi connectivity index (χ0n) is 11.2. The lowest BCUT2D eigenvalue weighted by Gasteiger charge is -2.08. The first-order valence-electron chi connectivity index (χ1n) is 5.99. The van der Waals surface area contributed by atoms with Gasteiger partial charge in [-0.05, 0) is 18.2 Å². The number of hydrogen-bond acceptors (Lipinski definition) is 4. The van der Waals surface area contributed by atoms with Gasteiger partial charge in [0.1, 0.15) is 6.54 Å². The highest BCUT2D eigenvalue weighted by atomic mass is 35.5. The normalized spacial score (nSPS) is 10.4. The van der Waals surface area contributed by atoms with Gasteiger partial charge in [-0.2, -0.15) is 0 Å². The van der Waals surface area contributed by atoms with Gasteiger partial charge in [-0.15, -0.1) is 0 Å². The molecule has 7 nitrogen and oxygen atoms in total. The second-order valence-corrected chi connectivity index (χ2v) is 4.84. The summed E-state index contributed by atoms with van der Waals surface area (Å²) in [4.78, 5) is 35.0. The van der Waals surface area contributed by atoms with Crippen molar-refractivity contribution in [1.29, 1.82) is 0 Å². The molecule has 2 aromatic rings. The number of aryl methyl sites for hydroxylation is 1. The Balaban J connectivity index is 2.15. The van der Waals surface area contributed by atoms with Crippen LogP contribution in [0, 0.1) is 0 Å². The van der Waals surface area contributed by atoms with Crippen LogP contribution in [0.25, 0.3) is 0 Å². The topological polar surface area (TPSA) is 99.1 Å². The highest BCUT2D eigenvalue weighted by Gasteiger charge is 2.08. The lowest BCUT2D eigenvalue weighted by Crippen LogP contribution is -2.41. The molecule has 0 saturated carbocycles. The van der Waals surface area contributed by atoms with Crippen LogP contribution in [-0.4, -0.2) is 15.0 Å². The van der Waals surface area contributed by atoms with Gasteiger partial charge in [-0.1, -0.05) is 11.6 Å². The third-order valence-corrected chi connectivity index (χ3v) is 3.17. The van der Waals surface area contributed by atoms with E-state index in [1.54, 1.807) is 12.1 Å². The van der Waals surface area contributed by atoms with Gasteiger partial charge in [0.25, 0.3) is 0 Å². The summed E-state index contributed by atoms with van der Waals surface area (Å²) < 4.78 is 2.19. The summed E-state index contributed by atoms with van der Waals surface area (Å²) >= 11 is 5.78. The molecule has 0 fully saturated rings. The summed E-state index contributed by atoms with van der Waals surface area (Å²) in [6.07, 6.45) is 2.79. The zero-order chi connectivity index (χ0) is 15.6. The monoisotopic (exact) mass is 308 g/mol. The SMILES string of the molecule is Cn1ccn(CC(=O)Nc2ccc(Cl)c(N)c2)c(=O)c1=O. The quantitative estimate of drug-likeness (QED) is 0.634. The molecule has 0 aliphatic heterocycles. The molecule has 1 amide bonds. The Bertz CT molecular complexity index is 810. The second-order valence-electron chi connectivity index (χ2n) is 4.43. The van der Waals surface area contributed by atoms with Crippen LogP contribution >= 0.6 is 11.6 Å². The maximum absolute atomic E-state index is 11.9. The number of carbonyl (C=O) groups is 1. The molecular weight excluding hydrogens is 296 g/mol. The number of nitrogens with zero attached hydrogens (tertiary/aromatic N) is 2. The third-order valence-electron chi connectivity index (χ3n) is 2.83. The Morgan fingerprint density at radius 3 is 2.67 bits per heavy atom. The van der Waals surface area contributed by atoms with E-state index in [0.29, 0.717) is 16.4 Å². The zero-order valence-corrected chi connectivity index (χ0v) is 11.9. The molecule has 0 aliphatic rings. The van der Waals surface area contributed by atoms with Crippen LogP contribution in [0.3, 0.4) is 0 Å². The second kappa shape index (κ2) is 5.84. The van der Waals surface area contributed by atoms with E-state index < -0.39 is 17.0 Å². The van der Waals surface area contributed by atoms with Crippen LogP contribution in [0.5, 0.6) is 0 Å². The number of nitrogen functional groups attached to an aromatic ring is 1. The Morgan fingerprint density at radius 1 is 1.29 bits per heavy atom. The molecule has 3 N–H and O–H groups in total. The average molecular weight is 309 g/mol. The number of nitrogens with two attached hydrogens (primary N) is 1. The van der Waals surface area contributed by atoms with Crippen LogP contribution in [0.4, 0.5) is 11.4 Å². The third kappa shape index (κ3) is 3.32. The van der Waals surface area contributed by atoms with E-state index in [4.69, 9.17) is 17.3 Å². The van der Waals surface area contributed by atoms with E-state index >= 15 is 0 Å². The molecule has 1 aromatic carbocycles. The van der Waals surface area contributed by atoms with Crippen molar-refractivity contribution in [3.05, 3.63) is 56.3 Å². The fourth-order valence-corrected chi connectivity index (χ4v) is 1.81. The van der Waals surface area contributed by atoms with E-state index in [1.807, 2.05) is 0 Å². The van der Waals surface area contributed by atoms with E-state index in [0.717, 1.165) is 9.13 Å². The summed E-state index contributed by atoms with van der Waals surface area (Å²) in [6.45, 7) is -0.266. The van der Waals surface area contributed by atoms with E-state index in [1.165, 1.54) is 25.5 Å². The Hall–Kier alpha value is -2.54. The van der Waals surface area contributed by atoms with Gasteiger partial charge < -0.3 is 15.6 Å². The van der Waals surface area contributed by atoms with Crippen molar-refractivity contribution in [3.8, 4) is 0 Å². The number of carbonyl (C=O) groups excluding carboxylic acids is 1. The number of benzene rings is 1. The van der Waals surface area contributed by atoms with Crippen molar-refractivity contribution in [2.75, 3.05) is 11.1 Å². The summed E-state index contributed by atoms with van der Waals surface area (Å²) in [5, 5.41) is 2.96. The molecule has 2 rings (SSSR count). The van der Waals surface area contributed by atoms with Gasteiger partial charge in [0.2, 0.25) is 5.91 Å². The Labute approximate surface area is 124 Å². The number of rotatable bonds is 3. The highest BCUT2D eigenvalue weighted by molar-refractivity contribution is 6.33. The lowest BCUT2D eigenvalue weighted by molar-refractivity contribution is -0.116. The summed E-state index contributed by atoms with van der Waals surface area (Å²) in [5.41, 5.74) is 4.97. The average Bonchev–Trinajstić information content (AvgIpc) is 2.44. The summed E-state index contributed by atoms with van der Waals surface area (Å²) in [6, 6.07) is 4.65. The van der Waals surface area contributed by atoms with E-state index in [-0.39, 0.29) is 6.54 Å². The number of amides is 1. The molecule has 0 aliphatic carbocycles. The predicted molar refractivity (Wildman–Crippen MR) is 80.4 cm³/mol. The minimum atomic E-state index is -0.759. The maximum Gasteiger partial charge on any atom is 0.316 e. The van der Waals surface area contributed by atoms with E-state index in [9.17, 15) is 14.4 Å². The van der Waals surface area contributed by atoms with Crippen molar-refractivity contribution in [2.45, 2.75) is 6.54 Å². The molecule has 1 aromatic heterocycles. The largest absolute Gasteiger partial charge is 0.397 e. The fourth-order valence-electron chi connectivity index (χ4n) is 1.69. The number of anilines is 2. The molecule has 0 spiro atoms. The molecule has 0 radical (unpaired) electrons. The van der Waals surface area contributed by atoms with Gasteiger partial charge >= 0.3 is 11.1 Å². The number of halogens is 1. The molecule has 1 heterocycles. The van der Waals surface area contributed by atoms with Gasteiger partial charge in [0.15, 0.2) is 0 Å². The molecule has 21 heavy (non-hydrogen) atoms. The molecular formula is C13H13ClN4O3. The molecule has 8 heteroatoms. The molecule has 0 bridgehead atoms. The van der Waals surface area contributed by atoms with Crippen molar-refractivity contribution < 1.29 is 4.79 Å². The Kier molecular flexibility index (Phi) is 4.13. The smallest absolute Gasteiger partial charge is 0.316 e. The van der Waals surface area contributed by atoms with Gasteiger partial charge in [-0.3, -0.25) is 19.0 Å². The van der Waals surface area contributed by atoms with Gasteiger partial charge in [0, 0.05) is 25.1 Å². The standard InChI is InChI=1S/C13H13ClN4O3/c1-17-4-5-18(13(21)12(17)20)7-11(19)16-8-2-3-9(14)10(15)6-8/h2-6H,7,15H2,1H3,(H,16,19). The Morgan fingerprint density at radius 2 is 2.00 bits per heavy atom. The van der Waals surface area contributed by atoms with Crippen LogP contribution in [0.2, 0.25) is 5.02 Å². The number of aromatic nitrogens is 2. The van der Waals surface area contributed by atoms with Crippen molar-refractivity contribution >= 4 is 28.9 Å². The molecule has 0 atom stereocenters. The summed E-state index contributed by atoms with van der Waals surface area (Å²) in [7, 11) is 1.46. The van der Waals surface area contributed by atoms with Crippen molar-refractivity contribution in [2.24, 2.45) is 7.05 Å². The molecule has 0 unspecified atom stereocenters. The summed E-state index contributed by atoms with van der Waals surface area (Å²) in [5.74, 6) is -0.452. The predicted octanol–water partition coefficient (Wildman–Crippen LogP) is 0.421. The van der Waals surface area contributed by atoms with Crippen LogP contribution in [0.1, 0.15) is 0 Å². The fraction of sp³-hybridized carbons (Fsp3) is 0.154. The minimum Gasteiger partial charge on any atom is -0.397 e. The minimum absolute atomic E-state index is 0.266. The van der Waals surface area contributed by atoms with Gasteiger partial charge in [-0.25, -0.2) is 0 Å². The first kappa shape index (κ1) is 14.9. The van der Waals surface area contributed by atoms with Crippen LogP contribution in [-0.2, 0) is 18.4 Å². The van der Waals surface area contributed by atoms with Crippen LogP contribution < -0.4 is 22.2 Å². The van der Waals surface area contributed by atoms with Gasteiger partial charge in [0.05, 0.1) is 10.7 Å². The first-order valence-corrected chi connectivity index (χ1v) is 6.37. The van der Waals surface area contributed by atoms with Crippen LogP contribution in [0.15, 0.2) is 40.2 Å². The number of hydrogen-bond donors (Lipinski definition) is 2. The highest BCUT2D eigenvalue weighted by Crippen LogP contribution is 2.22. The molecule has 110 valence electrons. The van der Waals surface area contributed by atoms with Crippen molar-refractivity contribution in [1.82, 2.24) is 9.13 Å². The molecule has 0 saturated heterocycles. The maximum atomic E-state index is 11.9. The van der Waals surface area contributed by atoms with Crippen molar-refractivity contribution in [3.63, 3.8) is 0 Å². The van der Waals surface area contributed by atoms with E-state index in [2.05, 4.69) is 5.32 Å². The lowest BCUT2D eigenvalue weighted by atomic mass is 10.3. The number of nitrogens with one attached hydrogen (secondary N) is 1. The first-order chi connectivity index (χ1) is 9.88.